The van der Waals surface area contributed by atoms with Crippen molar-refractivity contribution in [2.24, 2.45) is 4.99 Å². The second-order valence-electron chi connectivity index (χ2n) is 7.54. The third-order valence-electron chi connectivity index (χ3n) is 5.53. The minimum atomic E-state index is 0.557. The molecule has 152 valence electrons. The molecule has 1 saturated heterocycles. The van der Waals surface area contributed by atoms with Gasteiger partial charge in [0.15, 0.2) is 5.96 Å². The number of aromatic nitrogens is 1. The van der Waals surface area contributed by atoms with Crippen molar-refractivity contribution in [2.45, 2.75) is 52.1 Å². The van der Waals surface area contributed by atoms with Gasteiger partial charge in [-0.3, -0.25) is 9.89 Å². The fourth-order valence-corrected chi connectivity index (χ4v) is 3.92. The summed E-state index contributed by atoms with van der Waals surface area (Å²) in [7, 11) is 1.83. The quantitative estimate of drug-likeness (QED) is 0.417. The maximum atomic E-state index is 5.23. The van der Waals surface area contributed by atoms with E-state index in [2.05, 4.69) is 56.0 Å². The number of guanidine groups is 1. The zero-order chi connectivity index (χ0) is 19.8. The lowest BCUT2D eigenvalue weighted by Gasteiger charge is -2.25. The zero-order valence-corrected chi connectivity index (χ0v) is 17.4. The van der Waals surface area contributed by atoms with Gasteiger partial charge in [0.1, 0.15) is 5.76 Å². The summed E-state index contributed by atoms with van der Waals surface area (Å²) in [6, 6.07) is 11.3. The average Bonchev–Trinajstić information content (AvgIpc) is 3.28. The fourth-order valence-electron chi connectivity index (χ4n) is 3.92. The molecule has 1 fully saturated rings. The van der Waals surface area contributed by atoms with E-state index in [1.165, 1.54) is 30.5 Å². The summed E-state index contributed by atoms with van der Waals surface area (Å²) < 4.78 is 5.23. The SMILES string of the molecule is CN=C(NCCCc1c(C)noc1C)NCC1CCCN1Cc1ccccc1. The predicted molar refractivity (Wildman–Crippen MR) is 114 cm³/mol. The van der Waals surface area contributed by atoms with Crippen molar-refractivity contribution in [3.05, 3.63) is 52.9 Å². The molecule has 1 aliphatic heterocycles. The number of hydrogen-bond donors (Lipinski definition) is 2. The van der Waals surface area contributed by atoms with E-state index in [0.717, 1.165) is 49.9 Å². The van der Waals surface area contributed by atoms with Crippen molar-refractivity contribution in [1.29, 1.82) is 0 Å². The Kier molecular flexibility index (Phi) is 7.48. The number of nitrogens with zero attached hydrogens (tertiary/aromatic N) is 3. The highest BCUT2D eigenvalue weighted by Crippen LogP contribution is 2.19. The normalized spacial score (nSPS) is 17.8. The summed E-state index contributed by atoms with van der Waals surface area (Å²) in [6.45, 7) is 7.98. The molecule has 1 atom stereocenters. The number of hydrogen-bond acceptors (Lipinski definition) is 4. The van der Waals surface area contributed by atoms with Crippen molar-refractivity contribution in [3.63, 3.8) is 0 Å². The van der Waals surface area contributed by atoms with Crippen molar-refractivity contribution in [2.75, 3.05) is 26.7 Å². The van der Waals surface area contributed by atoms with E-state index in [1.807, 2.05) is 20.9 Å². The van der Waals surface area contributed by atoms with Gasteiger partial charge in [-0.1, -0.05) is 35.5 Å². The van der Waals surface area contributed by atoms with Gasteiger partial charge in [0.25, 0.3) is 0 Å². The topological polar surface area (TPSA) is 65.7 Å². The summed E-state index contributed by atoms with van der Waals surface area (Å²) >= 11 is 0. The zero-order valence-electron chi connectivity index (χ0n) is 17.4. The Labute approximate surface area is 168 Å². The van der Waals surface area contributed by atoms with Gasteiger partial charge in [0, 0.05) is 38.3 Å². The molecule has 6 nitrogen and oxygen atoms in total. The second kappa shape index (κ2) is 10.3. The van der Waals surface area contributed by atoms with Crippen LogP contribution in [0.3, 0.4) is 0 Å². The van der Waals surface area contributed by atoms with Crippen LogP contribution in [0.15, 0.2) is 39.8 Å². The summed E-state index contributed by atoms with van der Waals surface area (Å²) in [5.74, 6) is 1.81. The summed E-state index contributed by atoms with van der Waals surface area (Å²) in [6.07, 6.45) is 4.50. The predicted octanol–water partition coefficient (Wildman–Crippen LogP) is 3.05. The molecule has 1 aliphatic rings. The van der Waals surface area contributed by atoms with E-state index in [9.17, 15) is 0 Å². The number of aryl methyl sites for hydroxylation is 2. The molecular formula is C22H33N5O. The maximum absolute atomic E-state index is 5.23. The van der Waals surface area contributed by atoms with Crippen LogP contribution in [0.5, 0.6) is 0 Å². The van der Waals surface area contributed by atoms with Crippen LogP contribution in [0.4, 0.5) is 0 Å². The third-order valence-corrected chi connectivity index (χ3v) is 5.53. The average molecular weight is 384 g/mol. The Morgan fingerprint density at radius 2 is 2.07 bits per heavy atom. The Morgan fingerprint density at radius 1 is 1.25 bits per heavy atom. The summed E-state index contributed by atoms with van der Waals surface area (Å²) in [4.78, 5) is 6.95. The highest BCUT2D eigenvalue weighted by Gasteiger charge is 2.24. The largest absolute Gasteiger partial charge is 0.361 e. The van der Waals surface area contributed by atoms with E-state index in [0.29, 0.717) is 6.04 Å². The van der Waals surface area contributed by atoms with Crippen LogP contribution in [-0.2, 0) is 13.0 Å². The van der Waals surface area contributed by atoms with E-state index < -0.39 is 0 Å². The molecule has 1 unspecified atom stereocenters. The lowest BCUT2D eigenvalue weighted by Crippen LogP contribution is -2.45. The van der Waals surface area contributed by atoms with Crippen LogP contribution in [-0.4, -0.2) is 48.7 Å². The summed E-state index contributed by atoms with van der Waals surface area (Å²) in [5, 5.41) is 11.0. The number of rotatable bonds is 8. The van der Waals surface area contributed by atoms with E-state index >= 15 is 0 Å². The standard InChI is InChI=1S/C22H33N5O/c1-17-21(18(2)28-26-17)12-7-13-24-22(23-3)25-15-20-11-8-14-27(20)16-19-9-5-4-6-10-19/h4-6,9-10,20H,7-8,11-16H2,1-3H3,(H2,23,24,25). The van der Waals surface area contributed by atoms with Gasteiger partial charge >= 0.3 is 0 Å². The minimum Gasteiger partial charge on any atom is -0.361 e. The first-order valence-corrected chi connectivity index (χ1v) is 10.3. The van der Waals surface area contributed by atoms with Crippen molar-refractivity contribution in [1.82, 2.24) is 20.7 Å². The van der Waals surface area contributed by atoms with Gasteiger partial charge in [-0.15, -0.1) is 0 Å². The van der Waals surface area contributed by atoms with Gasteiger partial charge in [0.2, 0.25) is 0 Å². The molecule has 1 aromatic heterocycles. The Morgan fingerprint density at radius 3 is 2.79 bits per heavy atom. The van der Waals surface area contributed by atoms with Crippen LogP contribution in [0.25, 0.3) is 0 Å². The first kappa shape index (κ1) is 20.4. The Bertz CT molecular complexity index is 736. The first-order valence-electron chi connectivity index (χ1n) is 10.3. The first-order chi connectivity index (χ1) is 13.7. The van der Waals surface area contributed by atoms with Gasteiger partial charge in [-0.2, -0.15) is 0 Å². The van der Waals surface area contributed by atoms with Crippen LogP contribution in [0.1, 0.15) is 41.8 Å². The molecule has 1 aromatic carbocycles. The molecule has 0 spiro atoms. The van der Waals surface area contributed by atoms with Crippen molar-refractivity contribution in [3.8, 4) is 0 Å². The fraction of sp³-hybridized carbons (Fsp3) is 0.545. The Hall–Kier alpha value is -2.34. The molecule has 0 amide bonds. The highest BCUT2D eigenvalue weighted by atomic mass is 16.5. The van der Waals surface area contributed by atoms with Crippen LogP contribution in [0, 0.1) is 13.8 Å². The van der Waals surface area contributed by atoms with E-state index in [4.69, 9.17) is 4.52 Å². The lowest BCUT2D eigenvalue weighted by atomic mass is 10.1. The van der Waals surface area contributed by atoms with E-state index in [-0.39, 0.29) is 0 Å². The van der Waals surface area contributed by atoms with E-state index in [1.54, 1.807) is 0 Å². The van der Waals surface area contributed by atoms with Crippen LogP contribution in [0.2, 0.25) is 0 Å². The molecule has 3 rings (SSSR count). The Balaban J connectivity index is 1.39. The molecule has 2 aromatic rings. The van der Waals surface area contributed by atoms with Gasteiger partial charge < -0.3 is 15.2 Å². The van der Waals surface area contributed by atoms with Gasteiger partial charge in [-0.05, 0) is 51.6 Å². The third kappa shape index (κ3) is 5.58. The van der Waals surface area contributed by atoms with Gasteiger partial charge in [0.05, 0.1) is 5.69 Å². The monoisotopic (exact) mass is 383 g/mol. The number of aliphatic imine (C=N–C) groups is 1. The molecule has 2 N–H and O–H groups in total. The molecule has 6 heteroatoms. The minimum absolute atomic E-state index is 0.557. The molecule has 28 heavy (non-hydrogen) atoms. The highest BCUT2D eigenvalue weighted by molar-refractivity contribution is 5.79. The number of nitrogens with one attached hydrogen (secondary N) is 2. The molecular weight excluding hydrogens is 350 g/mol. The molecule has 0 radical (unpaired) electrons. The lowest BCUT2D eigenvalue weighted by molar-refractivity contribution is 0.245. The second-order valence-corrected chi connectivity index (χ2v) is 7.54. The van der Waals surface area contributed by atoms with Crippen LogP contribution < -0.4 is 10.6 Å². The molecule has 0 bridgehead atoms. The van der Waals surface area contributed by atoms with Gasteiger partial charge in [-0.25, -0.2) is 0 Å². The number of likely N-dealkylation sites (tertiary alicyclic amines) is 1. The molecule has 0 saturated carbocycles. The number of benzene rings is 1. The summed E-state index contributed by atoms with van der Waals surface area (Å²) in [5.41, 5.74) is 3.61. The molecule has 0 aliphatic carbocycles. The smallest absolute Gasteiger partial charge is 0.191 e. The maximum Gasteiger partial charge on any atom is 0.191 e. The van der Waals surface area contributed by atoms with Crippen molar-refractivity contribution >= 4 is 5.96 Å². The van der Waals surface area contributed by atoms with Crippen LogP contribution >= 0.6 is 0 Å². The van der Waals surface area contributed by atoms with Crippen molar-refractivity contribution < 1.29 is 4.52 Å². The molecule has 2 heterocycles.